The highest BCUT2D eigenvalue weighted by atomic mass is 16.3. The van der Waals surface area contributed by atoms with E-state index in [0.29, 0.717) is 5.41 Å². The van der Waals surface area contributed by atoms with E-state index in [2.05, 4.69) is 26.5 Å². The second-order valence-electron chi connectivity index (χ2n) is 9.79. The second-order valence-corrected chi connectivity index (χ2v) is 9.79. The van der Waals surface area contributed by atoms with Gasteiger partial charge in [-0.15, -0.1) is 0 Å². The van der Waals surface area contributed by atoms with Crippen molar-refractivity contribution in [2.24, 2.45) is 35.0 Å². The van der Waals surface area contributed by atoms with Crippen molar-refractivity contribution in [1.29, 1.82) is 0 Å². The van der Waals surface area contributed by atoms with Crippen LogP contribution in [0.2, 0.25) is 0 Å². The van der Waals surface area contributed by atoms with Gasteiger partial charge in [0.1, 0.15) is 0 Å². The fraction of sp³-hybridized carbons (Fsp3) is 0.818. The van der Waals surface area contributed by atoms with Gasteiger partial charge in [-0.1, -0.05) is 30.7 Å². The van der Waals surface area contributed by atoms with Crippen LogP contribution in [-0.4, -0.2) is 10.7 Å². The minimum Gasteiger partial charge on any atom is -0.390 e. The van der Waals surface area contributed by atoms with Crippen LogP contribution in [0.1, 0.15) is 72.1 Å². The third kappa shape index (κ3) is 2.37. The molecule has 4 aliphatic rings. The Bertz CT molecular complexity index is 542. The second kappa shape index (κ2) is 5.22. The Labute approximate surface area is 142 Å². The van der Waals surface area contributed by atoms with Gasteiger partial charge < -0.3 is 5.11 Å². The van der Waals surface area contributed by atoms with Crippen LogP contribution >= 0.6 is 0 Å². The average Bonchev–Trinajstić information content (AvgIpc) is 2.83. The summed E-state index contributed by atoms with van der Waals surface area (Å²) in [6, 6.07) is 0. The molecule has 128 valence electrons. The van der Waals surface area contributed by atoms with Crippen molar-refractivity contribution < 1.29 is 5.11 Å². The van der Waals surface area contributed by atoms with Crippen molar-refractivity contribution in [3.05, 3.63) is 23.8 Å². The summed E-state index contributed by atoms with van der Waals surface area (Å²) >= 11 is 0. The molecule has 0 aromatic heterocycles. The van der Waals surface area contributed by atoms with Gasteiger partial charge in [-0.3, -0.25) is 0 Å². The predicted molar refractivity (Wildman–Crippen MR) is 96.0 cm³/mol. The van der Waals surface area contributed by atoms with Gasteiger partial charge >= 0.3 is 0 Å². The number of aliphatic hydroxyl groups is 1. The third-order valence-electron chi connectivity index (χ3n) is 8.31. The van der Waals surface area contributed by atoms with E-state index in [9.17, 15) is 5.11 Å². The molecule has 0 spiro atoms. The maximum absolute atomic E-state index is 10.4. The molecule has 0 radical (unpaired) electrons. The zero-order valence-electron chi connectivity index (χ0n) is 15.3. The van der Waals surface area contributed by atoms with Crippen molar-refractivity contribution in [3.63, 3.8) is 0 Å². The molecule has 0 aliphatic heterocycles. The van der Waals surface area contributed by atoms with E-state index in [1.165, 1.54) is 44.1 Å². The Morgan fingerprint density at radius 1 is 1.13 bits per heavy atom. The molecule has 1 heteroatoms. The largest absolute Gasteiger partial charge is 0.390 e. The van der Waals surface area contributed by atoms with E-state index >= 15 is 0 Å². The summed E-state index contributed by atoms with van der Waals surface area (Å²) in [5.41, 5.74) is 3.09. The first kappa shape index (κ1) is 15.9. The molecule has 7 atom stereocenters. The lowest BCUT2D eigenvalue weighted by Crippen LogP contribution is -2.47. The molecule has 3 saturated carbocycles. The summed E-state index contributed by atoms with van der Waals surface area (Å²) < 4.78 is 0. The van der Waals surface area contributed by atoms with Crippen LogP contribution in [0.25, 0.3) is 0 Å². The molecule has 0 bridgehead atoms. The van der Waals surface area contributed by atoms with Crippen LogP contribution in [0, 0.1) is 35.0 Å². The van der Waals surface area contributed by atoms with Crippen molar-refractivity contribution in [1.82, 2.24) is 0 Å². The molecule has 0 saturated heterocycles. The summed E-state index contributed by atoms with van der Waals surface area (Å²) in [4.78, 5) is 0. The molecule has 4 aliphatic carbocycles. The minimum absolute atomic E-state index is 0.448. The number of allylic oxidation sites excluding steroid dienone is 2. The zero-order valence-corrected chi connectivity index (χ0v) is 15.3. The standard InChI is InChI=1S/C22H34O/c1-14(2)19-7-8-20-18-6-5-15-13-21(3,23)11-9-16(15)17(18)10-12-22(19,20)4/h5,16-20,23H,1,6-13H2,2-4H3/t16-,17+,18+,19+,20-,21-,22+/m0/s1. The Balaban J connectivity index is 1.61. The Kier molecular flexibility index (Phi) is 3.61. The lowest BCUT2D eigenvalue weighted by atomic mass is 9.51. The highest BCUT2D eigenvalue weighted by Gasteiger charge is 2.56. The maximum atomic E-state index is 10.4. The first-order valence-electron chi connectivity index (χ1n) is 9.88. The average molecular weight is 315 g/mol. The van der Waals surface area contributed by atoms with Gasteiger partial charge in [-0.25, -0.2) is 0 Å². The van der Waals surface area contributed by atoms with E-state index in [-0.39, 0.29) is 0 Å². The van der Waals surface area contributed by atoms with Gasteiger partial charge in [0.05, 0.1) is 5.60 Å². The van der Waals surface area contributed by atoms with Crippen LogP contribution in [-0.2, 0) is 0 Å². The lowest BCUT2D eigenvalue weighted by molar-refractivity contribution is -0.0289. The molecule has 0 aromatic carbocycles. The molecule has 23 heavy (non-hydrogen) atoms. The Morgan fingerprint density at radius 2 is 1.91 bits per heavy atom. The number of fused-ring (bicyclic) bond motifs is 5. The molecule has 1 nitrogen and oxygen atoms in total. The molecule has 0 unspecified atom stereocenters. The van der Waals surface area contributed by atoms with Crippen molar-refractivity contribution in [2.45, 2.75) is 77.7 Å². The van der Waals surface area contributed by atoms with E-state index in [1.54, 1.807) is 5.57 Å². The highest BCUT2D eigenvalue weighted by Crippen LogP contribution is 2.64. The third-order valence-corrected chi connectivity index (χ3v) is 8.31. The Morgan fingerprint density at radius 3 is 2.65 bits per heavy atom. The van der Waals surface area contributed by atoms with Crippen molar-refractivity contribution >= 4 is 0 Å². The van der Waals surface area contributed by atoms with Crippen molar-refractivity contribution in [2.75, 3.05) is 0 Å². The molecule has 3 fully saturated rings. The van der Waals surface area contributed by atoms with Gasteiger partial charge in [0.2, 0.25) is 0 Å². The highest BCUT2D eigenvalue weighted by molar-refractivity contribution is 5.22. The van der Waals surface area contributed by atoms with E-state index in [0.717, 1.165) is 42.4 Å². The summed E-state index contributed by atoms with van der Waals surface area (Å²) in [7, 11) is 0. The van der Waals surface area contributed by atoms with Crippen LogP contribution in [0.4, 0.5) is 0 Å². The molecular weight excluding hydrogens is 280 g/mol. The van der Waals surface area contributed by atoms with E-state index < -0.39 is 5.60 Å². The van der Waals surface area contributed by atoms with Crippen LogP contribution in [0.15, 0.2) is 23.8 Å². The Hall–Kier alpha value is -0.560. The first-order valence-corrected chi connectivity index (χ1v) is 9.88. The van der Waals surface area contributed by atoms with Crippen LogP contribution in [0.5, 0.6) is 0 Å². The fourth-order valence-corrected chi connectivity index (χ4v) is 7.28. The number of rotatable bonds is 1. The topological polar surface area (TPSA) is 20.2 Å². The number of hydrogen-bond donors (Lipinski definition) is 1. The predicted octanol–water partition coefficient (Wildman–Crippen LogP) is 5.50. The molecule has 0 aromatic rings. The van der Waals surface area contributed by atoms with E-state index in [4.69, 9.17) is 0 Å². The lowest BCUT2D eigenvalue weighted by Gasteiger charge is -2.54. The molecule has 0 amide bonds. The summed E-state index contributed by atoms with van der Waals surface area (Å²) in [5, 5.41) is 10.4. The molecule has 0 heterocycles. The zero-order chi connectivity index (χ0) is 16.4. The van der Waals surface area contributed by atoms with E-state index in [1.807, 2.05) is 6.92 Å². The summed E-state index contributed by atoms with van der Waals surface area (Å²) in [5.74, 6) is 4.24. The molecule has 1 N–H and O–H groups in total. The normalized spacial score (nSPS) is 52.2. The first-order chi connectivity index (χ1) is 10.8. The SMILES string of the molecule is C=C(C)[C@H]1CC[C@H]2[C@@H]3CC=C4C[C@@](C)(O)CC[C@@H]4[C@H]3CC[C@]12C. The molecule has 4 rings (SSSR count). The van der Waals surface area contributed by atoms with Crippen LogP contribution in [0.3, 0.4) is 0 Å². The van der Waals surface area contributed by atoms with Gasteiger partial charge in [0.25, 0.3) is 0 Å². The van der Waals surface area contributed by atoms with Gasteiger partial charge in [-0.05, 0) is 100 Å². The quantitative estimate of drug-likeness (QED) is 0.633. The number of hydrogen-bond acceptors (Lipinski definition) is 1. The van der Waals surface area contributed by atoms with Crippen LogP contribution < -0.4 is 0 Å². The minimum atomic E-state index is -0.448. The summed E-state index contributed by atoms with van der Waals surface area (Å²) in [6.07, 6.45) is 12.6. The maximum Gasteiger partial charge on any atom is 0.0657 e. The summed E-state index contributed by atoms with van der Waals surface area (Å²) in [6.45, 7) is 11.2. The van der Waals surface area contributed by atoms with Gasteiger partial charge in [-0.2, -0.15) is 0 Å². The monoisotopic (exact) mass is 314 g/mol. The van der Waals surface area contributed by atoms with Gasteiger partial charge in [0, 0.05) is 0 Å². The fourth-order valence-electron chi connectivity index (χ4n) is 7.28. The smallest absolute Gasteiger partial charge is 0.0657 e. The molecular formula is C22H34O. The van der Waals surface area contributed by atoms with Crippen molar-refractivity contribution in [3.8, 4) is 0 Å². The van der Waals surface area contributed by atoms with Gasteiger partial charge in [0.15, 0.2) is 0 Å².